The lowest BCUT2D eigenvalue weighted by Gasteiger charge is -2.34. The van der Waals surface area contributed by atoms with E-state index in [1.165, 1.54) is 0 Å². The molecule has 13 heavy (non-hydrogen) atoms. The van der Waals surface area contributed by atoms with E-state index in [4.69, 9.17) is 0 Å². The fourth-order valence-electron chi connectivity index (χ4n) is 3.09. The molecule has 0 N–H and O–H groups in total. The third kappa shape index (κ3) is 1.32. The monoisotopic (exact) mass is 180 g/mol. The molecule has 4 atom stereocenters. The maximum Gasteiger partial charge on any atom is 0.136 e. The maximum absolute atomic E-state index is 11.6. The van der Waals surface area contributed by atoms with Crippen LogP contribution in [0.5, 0.6) is 0 Å². The van der Waals surface area contributed by atoms with Crippen LogP contribution < -0.4 is 0 Å². The van der Waals surface area contributed by atoms with Crippen molar-refractivity contribution in [3.05, 3.63) is 0 Å². The minimum absolute atomic E-state index is 0.0381. The first-order chi connectivity index (χ1) is 6.24. The SMILES string of the molecule is CC1CCC(C=O)C2C(=O)CCC12. The minimum Gasteiger partial charge on any atom is -0.303 e. The molecule has 2 aliphatic rings. The highest BCUT2D eigenvalue weighted by Crippen LogP contribution is 2.45. The largest absolute Gasteiger partial charge is 0.303 e. The minimum atomic E-state index is 0.0381. The molecule has 0 aliphatic heterocycles. The Kier molecular flexibility index (Phi) is 2.22. The van der Waals surface area contributed by atoms with Gasteiger partial charge < -0.3 is 4.79 Å². The number of carbonyl (C=O) groups is 2. The first-order valence-corrected chi connectivity index (χ1v) is 5.22. The van der Waals surface area contributed by atoms with Crippen LogP contribution in [0.3, 0.4) is 0 Å². The predicted octanol–water partition coefficient (Wildman–Crippen LogP) is 1.83. The van der Waals surface area contributed by atoms with Gasteiger partial charge in [0.25, 0.3) is 0 Å². The molecule has 72 valence electrons. The van der Waals surface area contributed by atoms with Gasteiger partial charge in [0.1, 0.15) is 12.1 Å². The van der Waals surface area contributed by atoms with Gasteiger partial charge in [-0.2, -0.15) is 0 Å². The van der Waals surface area contributed by atoms with E-state index in [9.17, 15) is 9.59 Å². The molecule has 0 saturated heterocycles. The molecule has 2 fully saturated rings. The van der Waals surface area contributed by atoms with Crippen LogP contribution >= 0.6 is 0 Å². The van der Waals surface area contributed by atoms with Gasteiger partial charge in [-0.1, -0.05) is 6.92 Å². The van der Waals surface area contributed by atoms with E-state index >= 15 is 0 Å². The van der Waals surface area contributed by atoms with Crippen LogP contribution in [-0.2, 0) is 9.59 Å². The van der Waals surface area contributed by atoms with Gasteiger partial charge in [0.15, 0.2) is 0 Å². The summed E-state index contributed by atoms with van der Waals surface area (Å²) >= 11 is 0. The summed E-state index contributed by atoms with van der Waals surface area (Å²) in [6.07, 6.45) is 4.79. The molecule has 4 unspecified atom stereocenters. The summed E-state index contributed by atoms with van der Waals surface area (Å²) in [7, 11) is 0. The second-order valence-corrected chi connectivity index (χ2v) is 4.55. The molecule has 0 aromatic carbocycles. The number of aldehydes is 1. The summed E-state index contributed by atoms with van der Waals surface area (Å²) in [5.74, 6) is 1.62. The molecular weight excluding hydrogens is 164 g/mol. The molecule has 2 saturated carbocycles. The molecule has 0 aromatic rings. The lowest BCUT2D eigenvalue weighted by atomic mass is 9.69. The third-order valence-corrected chi connectivity index (χ3v) is 3.88. The van der Waals surface area contributed by atoms with E-state index in [2.05, 4.69) is 6.92 Å². The highest BCUT2D eigenvalue weighted by atomic mass is 16.1. The van der Waals surface area contributed by atoms with Crippen LogP contribution in [0.1, 0.15) is 32.6 Å². The van der Waals surface area contributed by atoms with Crippen LogP contribution in [0.25, 0.3) is 0 Å². The fraction of sp³-hybridized carbons (Fsp3) is 0.818. The van der Waals surface area contributed by atoms with Crippen LogP contribution in [0.4, 0.5) is 0 Å². The summed E-state index contributed by atoms with van der Waals surface area (Å²) in [6, 6.07) is 0. The summed E-state index contributed by atoms with van der Waals surface area (Å²) in [5, 5.41) is 0. The standard InChI is InChI=1S/C11H16O2/c1-7-2-3-8(6-12)11-9(7)4-5-10(11)13/h6-9,11H,2-5H2,1H3. The van der Waals surface area contributed by atoms with Gasteiger partial charge >= 0.3 is 0 Å². The normalized spacial score (nSPS) is 44.5. The quantitative estimate of drug-likeness (QED) is 0.577. The first kappa shape index (κ1) is 8.92. The van der Waals surface area contributed by atoms with Gasteiger partial charge in [-0.25, -0.2) is 0 Å². The van der Waals surface area contributed by atoms with Gasteiger partial charge in [-0.15, -0.1) is 0 Å². The average Bonchev–Trinajstić information content (AvgIpc) is 2.51. The molecule has 2 heteroatoms. The van der Waals surface area contributed by atoms with Crippen LogP contribution in [-0.4, -0.2) is 12.1 Å². The van der Waals surface area contributed by atoms with Crippen molar-refractivity contribution >= 4 is 12.1 Å². The lowest BCUT2D eigenvalue weighted by molar-refractivity contribution is -0.128. The number of rotatable bonds is 1. The van der Waals surface area contributed by atoms with Gasteiger partial charge in [0.05, 0.1) is 0 Å². The van der Waals surface area contributed by atoms with E-state index in [1.807, 2.05) is 0 Å². The third-order valence-electron chi connectivity index (χ3n) is 3.88. The number of hydrogen-bond acceptors (Lipinski definition) is 2. The topological polar surface area (TPSA) is 34.1 Å². The summed E-state index contributed by atoms with van der Waals surface area (Å²) in [5.41, 5.74) is 0. The van der Waals surface area contributed by atoms with Crippen molar-refractivity contribution in [2.75, 3.05) is 0 Å². The molecule has 2 aliphatic carbocycles. The lowest BCUT2D eigenvalue weighted by Crippen LogP contribution is -2.34. The van der Waals surface area contributed by atoms with E-state index in [0.29, 0.717) is 24.0 Å². The number of fused-ring (bicyclic) bond motifs is 1. The van der Waals surface area contributed by atoms with Crippen LogP contribution in [0.15, 0.2) is 0 Å². The fourth-order valence-corrected chi connectivity index (χ4v) is 3.09. The molecule has 0 spiro atoms. The molecule has 0 aromatic heterocycles. The second kappa shape index (κ2) is 3.24. The van der Waals surface area contributed by atoms with Crippen LogP contribution in [0, 0.1) is 23.7 Å². The van der Waals surface area contributed by atoms with Gasteiger partial charge in [0, 0.05) is 18.3 Å². The average molecular weight is 180 g/mol. The second-order valence-electron chi connectivity index (χ2n) is 4.55. The Morgan fingerprint density at radius 2 is 2.08 bits per heavy atom. The Bertz CT molecular complexity index is 234. The number of carbonyl (C=O) groups excluding carboxylic acids is 2. The van der Waals surface area contributed by atoms with E-state index in [0.717, 1.165) is 25.5 Å². The highest BCUT2D eigenvalue weighted by Gasteiger charge is 2.45. The van der Waals surface area contributed by atoms with E-state index < -0.39 is 0 Å². The maximum atomic E-state index is 11.6. The van der Waals surface area contributed by atoms with Crippen LogP contribution in [0.2, 0.25) is 0 Å². The molecule has 2 nitrogen and oxygen atoms in total. The Morgan fingerprint density at radius 1 is 1.31 bits per heavy atom. The number of hydrogen-bond donors (Lipinski definition) is 0. The van der Waals surface area contributed by atoms with Crippen molar-refractivity contribution in [1.29, 1.82) is 0 Å². The molecule has 0 heterocycles. The molecule has 0 bridgehead atoms. The van der Waals surface area contributed by atoms with Crippen molar-refractivity contribution in [3.8, 4) is 0 Å². The van der Waals surface area contributed by atoms with Gasteiger partial charge in [-0.05, 0) is 31.1 Å². The van der Waals surface area contributed by atoms with Gasteiger partial charge in [-0.3, -0.25) is 4.79 Å². The van der Waals surface area contributed by atoms with Gasteiger partial charge in [0.2, 0.25) is 0 Å². The summed E-state index contributed by atoms with van der Waals surface area (Å²) in [4.78, 5) is 22.4. The molecule has 2 rings (SSSR count). The number of Topliss-reactive ketones (excluding diaryl/α,β-unsaturated/α-hetero) is 1. The predicted molar refractivity (Wildman–Crippen MR) is 49.2 cm³/mol. The zero-order chi connectivity index (χ0) is 9.42. The van der Waals surface area contributed by atoms with Crippen molar-refractivity contribution in [2.24, 2.45) is 23.7 Å². The Balaban J connectivity index is 2.21. The summed E-state index contributed by atoms with van der Waals surface area (Å²) in [6.45, 7) is 2.22. The smallest absolute Gasteiger partial charge is 0.136 e. The van der Waals surface area contributed by atoms with Crippen molar-refractivity contribution in [2.45, 2.75) is 32.6 Å². The van der Waals surface area contributed by atoms with E-state index in [-0.39, 0.29) is 11.8 Å². The Morgan fingerprint density at radius 3 is 2.77 bits per heavy atom. The molecule has 0 radical (unpaired) electrons. The molecular formula is C11H16O2. The molecule has 0 amide bonds. The zero-order valence-electron chi connectivity index (χ0n) is 8.03. The zero-order valence-corrected chi connectivity index (χ0v) is 8.03. The highest BCUT2D eigenvalue weighted by molar-refractivity contribution is 5.86. The van der Waals surface area contributed by atoms with Crippen molar-refractivity contribution < 1.29 is 9.59 Å². The Hall–Kier alpha value is -0.660. The Labute approximate surface area is 78.7 Å². The van der Waals surface area contributed by atoms with Crippen molar-refractivity contribution in [1.82, 2.24) is 0 Å². The summed E-state index contributed by atoms with van der Waals surface area (Å²) < 4.78 is 0. The first-order valence-electron chi connectivity index (χ1n) is 5.22. The number of ketones is 1. The van der Waals surface area contributed by atoms with Crippen molar-refractivity contribution in [3.63, 3.8) is 0 Å². The van der Waals surface area contributed by atoms with E-state index in [1.54, 1.807) is 0 Å².